The third-order valence-corrected chi connectivity index (χ3v) is 3.47. The molecule has 1 saturated heterocycles. The van der Waals surface area contributed by atoms with Crippen molar-refractivity contribution in [3.05, 3.63) is 35.6 Å². The topological polar surface area (TPSA) is 40.5 Å². The molecule has 3 nitrogen and oxygen atoms in total. The molecule has 1 amide bonds. The molecule has 1 heterocycles. The van der Waals surface area contributed by atoms with Crippen molar-refractivity contribution >= 4 is 5.91 Å². The summed E-state index contributed by atoms with van der Waals surface area (Å²) in [7, 11) is 0. The van der Waals surface area contributed by atoms with E-state index >= 15 is 0 Å². The van der Waals surface area contributed by atoms with Gasteiger partial charge in [-0.15, -0.1) is 0 Å². The Labute approximate surface area is 106 Å². The summed E-state index contributed by atoms with van der Waals surface area (Å²) < 4.78 is 12.8. The molecule has 18 heavy (non-hydrogen) atoms. The molecule has 0 aliphatic carbocycles. The first-order valence-corrected chi connectivity index (χ1v) is 6.25. The minimum Gasteiger partial charge on any atom is -0.396 e. The summed E-state index contributed by atoms with van der Waals surface area (Å²) in [5.41, 5.74) is 1.02. The van der Waals surface area contributed by atoms with Crippen molar-refractivity contribution in [1.82, 2.24) is 4.90 Å². The maximum atomic E-state index is 12.8. The number of rotatable bonds is 4. The highest BCUT2D eigenvalue weighted by Gasteiger charge is 2.31. The highest BCUT2D eigenvalue weighted by Crippen LogP contribution is 2.21. The third kappa shape index (κ3) is 2.88. The molecule has 98 valence electrons. The zero-order chi connectivity index (χ0) is 13.1. The number of carbonyl (C=O) groups excluding carboxylic acids is 1. The van der Waals surface area contributed by atoms with Gasteiger partial charge in [0.1, 0.15) is 5.82 Å². The number of carbonyl (C=O) groups is 1. The normalized spacial score (nSPS) is 21.4. The van der Waals surface area contributed by atoms with E-state index in [1.807, 2.05) is 11.8 Å². The second kappa shape index (κ2) is 5.48. The van der Waals surface area contributed by atoms with Crippen molar-refractivity contribution in [3.8, 4) is 0 Å². The Morgan fingerprint density at radius 3 is 2.67 bits per heavy atom. The van der Waals surface area contributed by atoms with Gasteiger partial charge in [0, 0.05) is 31.5 Å². The summed E-state index contributed by atoms with van der Waals surface area (Å²) in [5, 5.41) is 9.08. The summed E-state index contributed by atoms with van der Waals surface area (Å²) in [5.74, 6) is -0.0826. The minimum absolute atomic E-state index is 0.0610. The Morgan fingerprint density at radius 2 is 2.11 bits per heavy atom. The van der Waals surface area contributed by atoms with E-state index in [-0.39, 0.29) is 30.3 Å². The lowest BCUT2D eigenvalue weighted by Crippen LogP contribution is -2.36. The average Bonchev–Trinajstić information content (AvgIpc) is 2.73. The first-order chi connectivity index (χ1) is 8.60. The van der Waals surface area contributed by atoms with Crippen LogP contribution in [0.2, 0.25) is 0 Å². The predicted molar refractivity (Wildman–Crippen MR) is 66.5 cm³/mol. The highest BCUT2D eigenvalue weighted by atomic mass is 19.1. The molecule has 1 aromatic rings. The number of hydrogen-bond donors (Lipinski definition) is 1. The molecule has 0 radical (unpaired) electrons. The van der Waals surface area contributed by atoms with Gasteiger partial charge in [-0.2, -0.15) is 0 Å². The van der Waals surface area contributed by atoms with E-state index < -0.39 is 0 Å². The molecule has 0 aromatic heterocycles. The van der Waals surface area contributed by atoms with Crippen LogP contribution in [0.4, 0.5) is 4.39 Å². The van der Waals surface area contributed by atoms with Crippen LogP contribution in [0.3, 0.4) is 0 Å². The monoisotopic (exact) mass is 251 g/mol. The van der Waals surface area contributed by atoms with Crippen molar-refractivity contribution < 1.29 is 14.3 Å². The Balaban J connectivity index is 1.97. The molecule has 1 N–H and O–H groups in total. The molecular weight excluding hydrogens is 233 g/mol. The fourth-order valence-corrected chi connectivity index (χ4v) is 2.43. The van der Waals surface area contributed by atoms with Crippen molar-refractivity contribution in [2.24, 2.45) is 5.92 Å². The van der Waals surface area contributed by atoms with Gasteiger partial charge < -0.3 is 10.0 Å². The van der Waals surface area contributed by atoms with Gasteiger partial charge in [0.15, 0.2) is 0 Å². The summed E-state index contributed by atoms with van der Waals surface area (Å²) in [4.78, 5) is 13.6. The third-order valence-electron chi connectivity index (χ3n) is 3.47. The first-order valence-electron chi connectivity index (χ1n) is 6.25. The van der Waals surface area contributed by atoms with Gasteiger partial charge in [-0.3, -0.25) is 4.79 Å². The van der Waals surface area contributed by atoms with Crippen LogP contribution in [0, 0.1) is 11.7 Å². The van der Waals surface area contributed by atoms with Crippen LogP contribution in [-0.4, -0.2) is 35.1 Å². The lowest BCUT2D eigenvalue weighted by Gasteiger charge is -2.24. The molecule has 2 rings (SSSR count). The smallest absolute Gasteiger partial charge is 0.223 e. The maximum absolute atomic E-state index is 12.8. The second-order valence-electron chi connectivity index (χ2n) is 4.98. The van der Waals surface area contributed by atoms with Gasteiger partial charge in [-0.25, -0.2) is 4.39 Å². The molecule has 2 unspecified atom stereocenters. The van der Waals surface area contributed by atoms with Crippen LogP contribution in [0.15, 0.2) is 24.3 Å². The Hall–Kier alpha value is -1.42. The number of benzene rings is 1. The van der Waals surface area contributed by atoms with E-state index in [2.05, 4.69) is 0 Å². The summed E-state index contributed by atoms with van der Waals surface area (Å²) in [6.45, 7) is 2.67. The fourth-order valence-electron chi connectivity index (χ4n) is 2.43. The molecule has 0 spiro atoms. The Kier molecular flexibility index (Phi) is 3.97. The van der Waals surface area contributed by atoms with Gasteiger partial charge in [-0.1, -0.05) is 12.1 Å². The van der Waals surface area contributed by atoms with Gasteiger partial charge in [0.25, 0.3) is 0 Å². The molecular formula is C14H18FNO2. The molecule has 0 saturated carbocycles. The van der Waals surface area contributed by atoms with Crippen molar-refractivity contribution in [2.75, 3.05) is 13.2 Å². The lowest BCUT2D eigenvalue weighted by molar-refractivity contribution is -0.129. The summed E-state index contributed by atoms with van der Waals surface area (Å²) in [6, 6.07) is 6.44. The summed E-state index contributed by atoms with van der Waals surface area (Å²) >= 11 is 0. The van der Waals surface area contributed by atoms with E-state index in [4.69, 9.17) is 5.11 Å². The fraction of sp³-hybridized carbons (Fsp3) is 0.500. The van der Waals surface area contributed by atoms with Crippen LogP contribution in [0.25, 0.3) is 0 Å². The van der Waals surface area contributed by atoms with Crippen LogP contribution < -0.4 is 0 Å². The molecule has 1 aliphatic rings. The van der Waals surface area contributed by atoms with Crippen LogP contribution in [0.1, 0.15) is 18.9 Å². The first kappa shape index (κ1) is 13.0. The zero-order valence-electron chi connectivity index (χ0n) is 10.5. The Morgan fingerprint density at radius 1 is 1.44 bits per heavy atom. The second-order valence-corrected chi connectivity index (χ2v) is 4.98. The van der Waals surface area contributed by atoms with Gasteiger partial charge in [0.2, 0.25) is 5.91 Å². The number of nitrogens with zero attached hydrogens (tertiary/aromatic N) is 1. The Bertz CT molecular complexity index is 418. The number of halogens is 1. The molecule has 1 aromatic carbocycles. The quantitative estimate of drug-likeness (QED) is 0.883. The van der Waals surface area contributed by atoms with Crippen molar-refractivity contribution in [3.63, 3.8) is 0 Å². The van der Waals surface area contributed by atoms with Crippen LogP contribution in [0.5, 0.6) is 0 Å². The van der Waals surface area contributed by atoms with Gasteiger partial charge >= 0.3 is 0 Å². The number of hydrogen-bond acceptors (Lipinski definition) is 2. The van der Waals surface area contributed by atoms with E-state index in [1.165, 1.54) is 12.1 Å². The number of aliphatic hydroxyl groups is 1. The lowest BCUT2D eigenvalue weighted by atomic mass is 10.1. The van der Waals surface area contributed by atoms with Crippen molar-refractivity contribution in [1.29, 1.82) is 0 Å². The van der Waals surface area contributed by atoms with E-state index in [0.717, 1.165) is 5.56 Å². The standard InChI is InChI=1S/C14H18FNO2/c1-10(6-11-2-4-13(15)5-3-11)16-8-12(9-17)7-14(16)18/h2-5,10,12,17H,6-9H2,1H3. The molecule has 1 fully saturated rings. The molecule has 2 atom stereocenters. The number of likely N-dealkylation sites (tertiary alicyclic amines) is 1. The van der Waals surface area contributed by atoms with Crippen LogP contribution in [-0.2, 0) is 11.2 Å². The highest BCUT2D eigenvalue weighted by molar-refractivity contribution is 5.79. The average molecular weight is 251 g/mol. The van der Waals surface area contributed by atoms with E-state index in [9.17, 15) is 9.18 Å². The van der Waals surface area contributed by atoms with Crippen LogP contribution >= 0.6 is 0 Å². The maximum Gasteiger partial charge on any atom is 0.223 e. The zero-order valence-corrected chi connectivity index (χ0v) is 10.5. The largest absolute Gasteiger partial charge is 0.396 e. The number of aliphatic hydroxyl groups excluding tert-OH is 1. The molecule has 4 heteroatoms. The minimum atomic E-state index is -0.246. The summed E-state index contributed by atoms with van der Waals surface area (Å²) in [6.07, 6.45) is 1.15. The van der Waals surface area contributed by atoms with E-state index in [0.29, 0.717) is 19.4 Å². The molecule has 0 bridgehead atoms. The van der Waals surface area contributed by atoms with E-state index in [1.54, 1.807) is 12.1 Å². The predicted octanol–water partition coefficient (Wildman–Crippen LogP) is 1.60. The molecule has 1 aliphatic heterocycles. The van der Waals surface area contributed by atoms with Gasteiger partial charge in [-0.05, 0) is 31.0 Å². The van der Waals surface area contributed by atoms with Gasteiger partial charge in [0.05, 0.1) is 0 Å². The SMILES string of the molecule is CC(Cc1ccc(F)cc1)N1CC(CO)CC1=O. The number of amides is 1. The van der Waals surface area contributed by atoms with Crippen molar-refractivity contribution in [2.45, 2.75) is 25.8 Å².